The second-order valence-corrected chi connectivity index (χ2v) is 8.93. The van der Waals surface area contributed by atoms with Crippen LogP contribution in [0.25, 0.3) is 0 Å². The molecular weight excluding hydrogens is 378 g/mol. The average molecular weight is 404 g/mol. The van der Waals surface area contributed by atoms with Gasteiger partial charge in [0.25, 0.3) is 0 Å². The van der Waals surface area contributed by atoms with E-state index >= 15 is 0 Å². The van der Waals surface area contributed by atoms with Crippen molar-refractivity contribution in [1.29, 1.82) is 0 Å². The van der Waals surface area contributed by atoms with E-state index in [1.165, 1.54) is 4.31 Å². The summed E-state index contributed by atoms with van der Waals surface area (Å²) >= 11 is 0. The summed E-state index contributed by atoms with van der Waals surface area (Å²) in [6, 6.07) is 12.4. The van der Waals surface area contributed by atoms with Gasteiger partial charge >= 0.3 is 0 Å². The molecule has 2 aliphatic rings. The van der Waals surface area contributed by atoms with Crippen molar-refractivity contribution in [3.05, 3.63) is 42.5 Å². The first kappa shape index (κ1) is 19.1. The van der Waals surface area contributed by atoms with Crippen LogP contribution in [0.5, 0.6) is 0 Å². The van der Waals surface area contributed by atoms with Gasteiger partial charge in [0.15, 0.2) is 5.82 Å². The summed E-state index contributed by atoms with van der Waals surface area (Å²) in [5.74, 6) is 1.49. The van der Waals surface area contributed by atoms with Gasteiger partial charge in [0.2, 0.25) is 10.0 Å². The topological polar surface area (TPSA) is 87.7 Å². The number of rotatable bonds is 6. The molecule has 1 N–H and O–H groups in total. The van der Waals surface area contributed by atoms with Crippen molar-refractivity contribution in [2.75, 3.05) is 49.5 Å². The quantitative estimate of drug-likeness (QED) is 0.783. The van der Waals surface area contributed by atoms with Crippen molar-refractivity contribution >= 4 is 21.7 Å². The molecule has 1 atom stereocenters. The number of nitrogens with one attached hydrogen (secondary N) is 1. The molecule has 0 saturated carbocycles. The molecule has 9 heteroatoms. The number of aromatic nitrogens is 2. The molecule has 1 aromatic heterocycles. The Morgan fingerprint density at radius 1 is 1.04 bits per heavy atom. The highest BCUT2D eigenvalue weighted by atomic mass is 32.2. The second-order valence-electron chi connectivity index (χ2n) is 7.00. The average Bonchev–Trinajstić information content (AvgIpc) is 3.27. The highest BCUT2D eigenvalue weighted by molar-refractivity contribution is 7.89. The van der Waals surface area contributed by atoms with E-state index in [4.69, 9.17) is 4.74 Å². The lowest BCUT2D eigenvalue weighted by Gasteiger charge is -2.34. The summed E-state index contributed by atoms with van der Waals surface area (Å²) in [6.07, 6.45) is 2.44. The number of benzene rings is 1. The van der Waals surface area contributed by atoms with Gasteiger partial charge in [0.1, 0.15) is 5.82 Å². The van der Waals surface area contributed by atoms with Crippen LogP contribution >= 0.6 is 0 Å². The molecule has 0 radical (unpaired) electrons. The minimum atomic E-state index is -3.44. The van der Waals surface area contributed by atoms with Crippen LogP contribution in [0.15, 0.2) is 47.4 Å². The number of hydrogen-bond acceptors (Lipinski definition) is 7. The summed E-state index contributed by atoms with van der Waals surface area (Å²) in [5.41, 5.74) is 0. The largest absolute Gasteiger partial charge is 0.376 e. The third-order valence-electron chi connectivity index (χ3n) is 5.13. The maximum absolute atomic E-state index is 12.7. The normalized spacial score (nSPS) is 21.0. The van der Waals surface area contributed by atoms with Crippen molar-refractivity contribution in [1.82, 2.24) is 14.5 Å². The zero-order chi connectivity index (χ0) is 19.4. The molecule has 0 unspecified atom stereocenters. The predicted octanol–water partition coefficient (Wildman–Crippen LogP) is 1.58. The van der Waals surface area contributed by atoms with Gasteiger partial charge in [-0.2, -0.15) is 4.31 Å². The third kappa shape index (κ3) is 4.26. The van der Waals surface area contributed by atoms with E-state index in [0.717, 1.165) is 37.6 Å². The van der Waals surface area contributed by atoms with Gasteiger partial charge in [0.05, 0.1) is 11.0 Å². The molecule has 4 rings (SSSR count). The lowest BCUT2D eigenvalue weighted by molar-refractivity contribution is 0.120. The number of anilines is 2. The third-order valence-corrected chi connectivity index (χ3v) is 7.04. The van der Waals surface area contributed by atoms with Crippen LogP contribution in [-0.2, 0) is 14.8 Å². The van der Waals surface area contributed by atoms with E-state index in [2.05, 4.69) is 20.4 Å². The fourth-order valence-electron chi connectivity index (χ4n) is 3.51. The van der Waals surface area contributed by atoms with Crippen LogP contribution in [0.4, 0.5) is 11.6 Å². The lowest BCUT2D eigenvalue weighted by Crippen LogP contribution is -2.49. The maximum atomic E-state index is 12.7. The molecule has 0 bridgehead atoms. The Morgan fingerprint density at radius 2 is 1.82 bits per heavy atom. The molecule has 2 fully saturated rings. The van der Waals surface area contributed by atoms with Gasteiger partial charge in [-0.3, -0.25) is 0 Å². The van der Waals surface area contributed by atoms with Gasteiger partial charge < -0.3 is 15.0 Å². The predicted molar refractivity (Wildman–Crippen MR) is 107 cm³/mol. The smallest absolute Gasteiger partial charge is 0.243 e. The Hall–Kier alpha value is -2.23. The number of ether oxygens (including phenoxy) is 1. The Balaban J connectivity index is 1.32. The Bertz CT molecular complexity index is 862. The van der Waals surface area contributed by atoms with Crippen LogP contribution in [-0.4, -0.2) is 68.4 Å². The SMILES string of the molecule is O=S(=O)(c1ccccc1)N1CCN(c2ccc(NC[C@@H]3CCCO3)nn2)CC1. The van der Waals surface area contributed by atoms with E-state index < -0.39 is 10.0 Å². The molecule has 0 spiro atoms. The van der Waals surface area contributed by atoms with Crippen molar-refractivity contribution in [3.8, 4) is 0 Å². The fourth-order valence-corrected chi connectivity index (χ4v) is 4.95. The van der Waals surface area contributed by atoms with Crippen LogP contribution in [0.3, 0.4) is 0 Å². The molecule has 0 amide bonds. The molecule has 2 aromatic rings. The fraction of sp³-hybridized carbons (Fsp3) is 0.474. The summed E-state index contributed by atoms with van der Waals surface area (Å²) in [4.78, 5) is 2.40. The summed E-state index contributed by atoms with van der Waals surface area (Å²) in [7, 11) is -3.44. The monoisotopic (exact) mass is 403 g/mol. The molecule has 0 aliphatic carbocycles. The zero-order valence-electron chi connectivity index (χ0n) is 15.7. The van der Waals surface area contributed by atoms with Crippen LogP contribution in [0.1, 0.15) is 12.8 Å². The van der Waals surface area contributed by atoms with Gasteiger partial charge in [-0.05, 0) is 37.1 Å². The van der Waals surface area contributed by atoms with Crippen molar-refractivity contribution in [3.63, 3.8) is 0 Å². The number of hydrogen-bond donors (Lipinski definition) is 1. The standard InChI is InChI=1S/C19H25N5O3S/c25-28(26,17-6-2-1-3-7-17)24-12-10-23(11-13-24)19-9-8-18(21-22-19)20-15-16-5-4-14-27-16/h1-3,6-9,16H,4-5,10-15H2,(H,20,21)/t16-/m0/s1. The first-order valence-corrected chi connectivity index (χ1v) is 11.1. The van der Waals surface area contributed by atoms with E-state index in [-0.39, 0.29) is 6.10 Å². The molecule has 2 saturated heterocycles. The highest BCUT2D eigenvalue weighted by Crippen LogP contribution is 2.20. The zero-order valence-corrected chi connectivity index (χ0v) is 16.5. The maximum Gasteiger partial charge on any atom is 0.243 e. The van der Waals surface area contributed by atoms with Crippen molar-refractivity contribution in [2.24, 2.45) is 0 Å². The van der Waals surface area contributed by atoms with Gasteiger partial charge in [-0.1, -0.05) is 18.2 Å². The molecule has 3 heterocycles. The van der Waals surface area contributed by atoms with E-state index in [0.29, 0.717) is 31.1 Å². The lowest BCUT2D eigenvalue weighted by atomic mass is 10.2. The molecule has 8 nitrogen and oxygen atoms in total. The van der Waals surface area contributed by atoms with Crippen molar-refractivity contribution in [2.45, 2.75) is 23.8 Å². The molecule has 28 heavy (non-hydrogen) atoms. The van der Waals surface area contributed by atoms with Crippen LogP contribution < -0.4 is 10.2 Å². The molecule has 1 aromatic carbocycles. The number of piperazine rings is 1. The molecule has 2 aliphatic heterocycles. The van der Waals surface area contributed by atoms with E-state index in [9.17, 15) is 8.42 Å². The molecule has 150 valence electrons. The highest BCUT2D eigenvalue weighted by Gasteiger charge is 2.28. The Kier molecular flexibility index (Phi) is 5.74. The van der Waals surface area contributed by atoms with Crippen LogP contribution in [0.2, 0.25) is 0 Å². The number of sulfonamides is 1. The van der Waals surface area contributed by atoms with Crippen LogP contribution in [0, 0.1) is 0 Å². The van der Waals surface area contributed by atoms with E-state index in [1.807, 2.05) is 18.2 Å². The first-order valence-electron chi connectivity index (χ1n) is 9.62. The molecular formula is C19H25N5O3S. The second kappa shape index (κ2) is 8.42. The van der Waals surface area contributed by atoms with Gasteiger partial charge in [-0.25, -0.2) is 8.42 Å². The summed E-state index contributed by atoms with van der Waals surface area (Å²) in [5, 5.41) is 11.8. The number of nitrogens with zero attached hydrogens (tertiary/aromatic N) is 4. The summed E-state index contributed by atoms with van der Waals surface area (Å²) in [6.45, 7) is 3.61. The summed E-state index contributed by atoms with van der Waals surface area (Å²) < 4.78 is 32.6. The van der Waals surface area contributed by atoms with E-state index in [1.54, 1.807) is 24.3 Å². The Labute approximate surface area is 165 Å². The van der Waals surface area contributed by atoms with Gasteiger partial charge in [0, 0.05) is 39.3 Å². The Morgan fingerprint density at radius 3 is 2.46 bits per heavy atom. The minimum Gasteiger partial charge on any atom is -0.376 e. The van der Waals surface area contributed by atoms with Gasteiger partial charge in [-0.15, -0.1) is 10.2 Å². The minimum absolute atomic E-state index is 0.251. The first-order chi connectivity index (χ1) is 13.6. The van der Waals surface area contributed by atoms with Crippen molar-refractivity contribution < 1.29 is 13.2 Å².